The quantitative estimate of drug-likeness (QED) is 0.503. The topological polar surface area (TPSA) is 21.3 Å². The molecule has 0 bridgehead atoms. The fourth-order valence-corrected chi connectivity index (χ4v) is 2.92. The molecule has 1 N–H and O–H groups in total. The molecule has 0 heterocycles. The molecular formula is C22H21Cl2NO. The Morgan fingerprint density at radius 2 is 1.65 bits per heavy atom. The van der Waals surface area contributed by atoms with Crippen LogP contribution in [0.1, 0.15) is 22.3 Å². The molecule has 2 nitrogen and oxygen atoms in total. The minimum atomic E-state index is 0.449. The van der Waals surface area contributed by atoms with Crippen molar-refractivity contribution in [2.24, 2.45) is 0 Å². The van der Waals surface area contributed by atoms with E-state index in [-0.39, 0.29) is 0 Å². The van der Waals surface area contributed by atoms with Gasteiger partial charge in [0.1, 0.15) is 12.4 Å². The van der Waals surface area contributed by atoms with E-state index in [2.05, 4.69) is 43.4 Å². The summed E-state index contributed by atoms with van der Waals surface area (Å²) in [7, 11) is 0. The number of nitrogens with one attached hydrogen (secondary N) is 1. The van der Waals surface area contributed by atoms with Crippen LogP contribution in [0.3, 0.4) is 0 Å². The highest BCUT2D eigenvalue weighted by Gasteiger charge is 2.02. The second-order valence-electron chi connectivity index (χ2n) is 6.34. The molecule has 0 fully saturated rings. The van der Waals surface area contributed by atoms with Gasteiger partial charge in [-0.05, 0) is 72.5 Å². The zero-order chi connectivity index (χ0) is 18.5. The summed E-state index contributed by atoms with van der Waals surface area (Å²) in [5, 5.41) is 4.55. The SMILES string of the molecule is Cc1ccc(NCc2cccc(OCc3ccc(Cl)c(Cl)c3)c2)cc1C. The van der Waals surface area contributed by atoms with Crippen molar-refractivity contribution < 1.29 is 4.74 Å². The molecule has 0 aromatic heterocycles. The summed E-state index contributed by atoms with van der Waals surface area (Å²) in [6, 6.07) is 20.0. The first-order valence-corrected chi connectivity index (χ1v) is 9.23. The molecule has 0 amide bonds. The van der Waals surface area contributed by atoms with E-state index in [0.717, 1.165) is 29.1 Å². The number of anilines is 1. The largest absolute Gasteiger partial charge is 0.489 e. The lowest BCUT2D eigenvalue weighted by molar-refractivity contribution is 0.306. The van der Waals surface area contributed by atoms with E-state index in [1.807, 2.05) is 30.3 Å². The highest BCUT2D eigenvalue weighted by Crippen LogP contribution is 2.24. The molecule has 0 saturated heterocycles. The first-order chi connectivity index (χ1) is 12.5. The van der Waals surface area contributed by atoms with Crippen LogP contribution in [-0.4, -0.2) is 0 Å². The van der Waals surface area contributed by atoms with Gasteiger partial charge in [-0.3, -0.25) is 0 Å². The highest BCUT2D eigenvalue weighted by molar-refractivity contribution is 6.42. The lowest BCUT2D eigenvalue weighted by Gasteiger charge is -2.11. The van der Waals surface area contributed by atoms with Gasteiger partial charge in [-0.15, -0.1) is 0 Å². The molecule has 26 heavy (non-hydrogen) atoms. The molecule has 3 rings (SSSR count). The number of halogens is 2. The summed E-state index contributed by atoms with van der Waals surface area (Å²) >= 11 is 12.0. The van der Waals surface area contributed by atoms with E-state index in [9.17, 15) is 0 Å². The molecular weight excluding hydrogens is 365 g/mol. The average molecular weight is 386 g/mol. The van der Waals surface area contributed by atoms with E-state index >= 15 is 0 Å². The van der Waals surface area contributed by atoms with Gasteiger partial charge in [0.05, 0.1) is 10.0 Å². The van der Waals surface area contributed by atoms with Gasteiger partial charge < -0.3 is 10.1 Å². The molecule has 0 atom stereocenters. The van der Waals surface area contributed by atoms with E-state index in [0.29, 0.717) is 16.7 Å². The normalized spacial score (nSPS) is 10.6. The van der Waals surface area contributed by atoms with Crippen LogP contribution in [0, 0.1) is 13.8 Å². The molecule has 0 saturated carbocycles. The molecule has 3 aromatic rings. The second-order valence-corrected chi connectivity index (χ2v) is 7.15. The highest BCUT2D eigenvalue weighted by atomic mass is 35.5. The van der Waals surface area contributed by atoms with E-state index in [1.165, 1.54) is 11.1 Å². The van der Waals surface area contributed by atoms with Gasteiger partial charge in [0.15, 0.2) is 0 Å². The van der Waals surface area contributed by atoms with Crippen molar-refractivity contribution in [1.29, 1.82) is 0 Å². The van der Waals surface area contributed by atoms with Crippen LogP contribution in [0.4, 0.5) is 5.69 Å². The molecule has 0 aliphatic heterocycles. The molecule has 0 aliphatic carbocycles. The smallest absolute Gasteiger partial charge is 0.120 e. The Morgan fingerprint density at radius 3 is 2.42 bits per heavy atom. The van der Waals surface area contributed by atoms with Gasteiger partial charge in [-0.2, -0.15) is 0 Å². The van der Waals surface area contributed by atoms with E-state index in [4.69, 9.17) is 27.9 Å². The standard InChI is InChI=1S/C22H21Cl2NO/c1-15-6-8-19(10-16(15)2)25-13-17-4-3-5-20(11-17)26-14-18-7-9-21(23)22(24)12-18/h3-12,25H,13-14H2,1-2H3. The summed E-state index contributed by atoms with van der Waals surface area (Å²) in [6.45, 7) is 5.43. The minimum absolute atomic E-state index is 0.449. The van der Waals surface area contributed by atoms with Gasteiger partial charge in [-0.25, -0.2) is 0 Å². The van der Waals surface area contributed by atoms with Crippen molar-refractivity contribution in [3.05, 3.63) is 93.0 Å². The third kappa shape index (κ3) is 4.94. The molecule has 0 spiro atoms. The van der Waals surface area contributed by atoms with Crippen LogP contribution >= 0.6 is 23.2 Å². The van der Waals surface area contributed by atoms with E-state index < -0.39 is 0 Å². The van der Waals surface area contributed by atoms with Crippen molar-refractivity contribution >= 4 is 28.9 Å². The number of ether oxygens (including phenoxy) is 1. The van der Waals surface area contributed by atoms with Crippen molar-refractivity contribution in [2.45, 2.75) is 27.0 Å². The Balaban J connectivity index is 1.60. The van der Waals surface area contributed by atoms with Gasteiger partial charge in [0, 0.05) is 12.2 Å². The monoisotopic (exact) mass is 385 g/mol. The van der Waals surface area contributed by atoms with Crippen LogP contribution in [0.5, 0.6) is 5.75 Å². The first-order valence-electron chi connectivity index (χ1n) is 8.48. The van der Waals surface area contributed by atoms with Crippen LogP contribution in [0.2, 0.25) is 10.0 Å². The number of hydrogen-bond acceptors (Lipinski definition) is 2. The maximum atomic E-state index is 6.05. The third-order valence-electron chi connectivity index (χ3n) is 4.29. The maximum Gasteiger partial charge on any atom is 0.120 e. The summed E-state index contributed by atoms with van der Waals surface area (Å²) in [5.74, 6) is 0.829. The Hall–Kier alpha value is -2.16. The van der Waals surface area contributed by atoms with Crippen molar-refractivity contribution in [3.63, 3.8) is 0 Å². The molecule has 0 radical (unpaired) electrons. The predicted octanol–water partition coefficient (Wildman–Crippen LogP) is 6.80. The van der Waals surface area contributed by atoms with Crippen LogP contribution in [0.25, 0.3) is 0 Å². The first kappa shape index (κ1) is 18.6. The Kier molecular flexibility index (Phi) is 6.08. The Morgan fingerprint density at radius 1 is 0.808 bits per heavy atom. The fraction of sp³-hybridized carbons (Fsp3) is 0.182. The molecule has 3 aromatic carbocycles. The molecule has 0 aliphatic rings. The summed E-state index contributed by atoms with van der Waals surface area (Å²) in [6.07, 6.45) is 0. The van der Waals surface area contributed by atoms with Crippen molar-refractivity contribution in [3.8, 4) is 5.75 Å². The number of rotatable bonds is 6. The third-order valence-corrected chi connectivity index (χ3v) is 5.03. The van der Waals surface area contributed by atoms with Crippen LogP contribution in [-0.2, 0) is 13.2 Å². The minimum Gasteiger partial charge on any atom is -0.489 e. The Labute approximate surface area is 164 Å². The van der Waals surface area contributed by atoms with Crippen molar-refractivity contribution in [1.82, 2.24) is 0 Å². The zero-order valence-electron chi connectivity index (χ0n) is 14.9. The van der Waals surface area contributed by atoms with Crippen molar-refractivity contribution in [2.75, 3.05) is 5.32 Å². The van der Waals surface area contributed by atoms with Gasteiger partial charge in [0.25, 0.3) is 0 Å². The molecule has 0 unspecified atom stereocenters. The maximum absolute atomic E-state index is 6.05. The number of hydrogen-bond donors (Lipinski definition) is 1. The average Bonchev–Trinajstić information content (AvgIpc) is 2.64. The van der Waals surface area contributed by atoms with Gasteiger partial charge in [0.2, 0.25) is 0 Å². The second kappa shape index (κ2) is 8.48. The lowest BCUT2D eigenvalue weighted by atomic mass is 10.1. The van der Waals surface area contributed by atoms with Gasteiger partial charge in [-0.1, -0.05) is 47.5 Å². The number of aryl methyl sites for hydroxylation is 2. The lowest BCUT2D eigenvalue weighted by Crippen LogP contribution is -2.01. The van der Waals surface area contributed by atoms with Crippen LogP contribution < -0.4 is 10.1 Å². The molecule has 134 valence electrons. The number of benzene rings is 3. The predicted molar refractivity (Wildman–Crippen MR) is 110 cm³/mol. The van der Waals surface area contributed by atoms with Crippen LogP contribution in [0.15, 0.2) is 60.7 Å². The zero-order valence-corrected chi connectivity index (χ0v) is 16.4. The van der Waals surface area contributed by atoms with Gasteiger partial charge >= 0.3 is 0 Å². The molecule has 4 heteroatoms. The van der Waals surface area contributed by atoms with E-state index in [1.54, 1.807) is 6.07 Å². The summed E-state index contributed by atoms with van der Waals surface area (Å²) in [5.41, 5.74) is 5.85. The Bertz CT molecular complexity index is 838. The fourth-order valence-electron chi connectivity index (χ4n) is 2.60. The summed E-state index contributed by atoms with van der Waals surface area (Å²) < 4.78 is 5.88. The summed E-state index contributed by atoms with van der Waals surface area (Å²) in [4.78, 5) is 0.